The van der Waals surface area contributed by atoms with E-state index in [4.69, 9.17) is 27.9 Å². The molecule has 0 bridgehead atoms. The van der Waals surface area contributed by atoms with Gasteiger partial charge in [0.15, 0.2) is 0 Å². The predicted octanol–water partition coefficient (Wildman–Crippen LogP) is 2.94. The van der Waals surface area contributed by atoms with Crippen LogP contribution in [-0.4, -0.2) is 43.1 Å². The highest BCUT2D eigenvalue weighted by Crippen LogP contribution is 2.23. The van der Waals surface area contributed by atoms with Crippen LogP contribution in [0.5, 0.6) is 0 Å². The Hall–Kier alpha value is -1.76. The quantitative estimate of drug-likeness (QED) is 0.738. The van der Waals surface area contributed by atoms with Gasteiger partial charge < -0.3 is 15.4 Å². The van der Waals surface area contributed by atoms with Crippen LogP contribution in [0, 0.1) is 0 Å². The van der Waals surface area contributed by atoms with E-state index in [1.807, 2.05) is 18.0 Å². The maximum atomic E-state index is 12.2. The Labute approximate surface area is 157 Å². The number of urea groups is 1. The normalized spacial score (nSPS) is 17.4. The van der Waals surface area contributed by atoms with Gasteiger partial charge >= 0.3 is 12.0 Å². The Morgan fingerprint density at radius 3 is 2.68 bits per heavy atom. The predicted molar refractivity (Wildman–Crippen MR) is 97.6 cm³/mol. The maximum absolute atomic E-state index is 12.2. The van der Waals surface area contributed by atoms with Gasteiger partial charge in [-0.3, -0.25) is 4.90 Å². The Morgan fingerprint density at radius 1 is 1.32 bits per heavy atom. The molecule has 0 fully saturated rings. The standard InChI is InChI=1S/C17H21Cl2N3O3/c1-4-25-16(23)15-10(2)20-17(24)21-14(15)9-22(3)8-11-5-6-12(18)7-13(11)19/h5-7,10H,4,8-9H2,1-3H3,(H2,20,21,24). The van der Waals surface area contributed by atoms with Gasteiger partial charge in [-0.15, -0.1) is 0 Å². The van der Waals surface area contributed by atoms with Gasteiger partial charge in [0.25, 0.3) is 0 Å². The number of nitrogens with one attached hydrogen (secondary N) is 2. The molecule has 1 atom stereocenters. The molecule has 136 valence electrons. The van der Waals surface area contributed by atoms with Gasteiger partial charge in [-0.2, -0.15) is 0 Å². The van der Waals surface area contributed by atoms with Crippen LogP contribution in [-0.2, 0) is 16.1 Å². The molecule has 8 heteroatoms. The largest absolute Gasteiger partial charge is 0.463 e. The van der Waals surface area contributed by atoms with Crippen molar-refractivity contribution < 1.29 is 14.3 Å². The molecule has 6 nitrogen and oxygen atoms in total. The highest BCUT2D eigenvalue weighted by molar-refractivity contribution is 6.35. The van der Waals surface area contributed by atoms with Crippen molar-refractivity contribution in [1.82, 2.24) is 15.5 Å². The first-order valence-corrected chi connectivity index (χ1v) is 8.67. The minimum absolute atomic E-state index is 0.270. The molecule has 0 spiro atoms. The highest BCUT2D eigenvalue weighted by Gasteiger charge is 2.30. The number of esters is 1. The van der Waals surface area contributed by atoms with Crippen LogP contribution in [0.15, 0.2) is 29.5 Å². The third-order valence-corrected chi connectivity index (χ3v) is 4.34. The second kappa shape index (κ2) is 8.56. The smallest absolute Gasteiger partial charge is 0.337 e. The number of likely N-dealkylation sites (N-methyl/N-ethyl adjacent to an activating group) is 1. The van der Waals surface area contributed by atoms with E-state index in [0.717, 1.165) is 5.56 Å². The summed E-state index contributed by atoms with van der Waals surface area (Å²) in [4.78, 5) is 26.0. The zero-order chi connectivity index (χ0) is 18.6. The number of ether oxygens (including phenoxy) is 1. The first-order valence-electron chi connectivity index (χ1n) is 7.92. The van der Waals surface area contributed by atoms with Gasteiger partial charge in [-0.1, -0.05) is 29.3 Å². The zero-order valence-electron chi connectivity index (χ0n) is 14.4. The van der Waals surface area contributed by atoms with Crippen molar-refractivity contribution in [2.75, 3.05) is 20.2 Å². The molecule has 0 radical (unpaired) electrons. The van der Waals surface area contributed by atoms with Gasteiger partial charge in [0.05, 0.1) is 18.2 Å². The lowest BCUT2D eigenvalue weighted by atomic mass is 10.0. The number of nitrogens with zero attached hydrogens (tertiary/aromatic N) is 1. The average Bonchev–Trinajstić information content (AvgIpc) is 2.49. The van der Waals surface area contributed by atoms with Crippen LogP contribution < -0.4 is 10.6 Å². The second-order valence-corrected chi connectivity index (χ2v) is 6.68. The molecule has 1 aromatic carbocycles. The third-order valence-electron chi connectivity index (χ3n) is 3.75. The molecular weight excluding hydrogens is 365 g/mol. The Kier molecular flexibility index (Phi) is 6.70. The topological polar surface area (TPSA) is 70.7 Å². The number of benzene rings is 1. The summed E-state index contributed by atoms with van der Waals surface area (Å²) in [5.41, 5.74) is 1.86. The van der Waals surface area contributed by atoms with Crippen LogP contribution in [0.4, 0.5) is 4.79 Å². The molecular formula is C17H21Cl2N3O3. The number of rotatable bonds is 6. The molecule has 0 aromatic heterocycles. The number of amides is 2. The van der Waals surface area contributed by atoms with Crippen molar-refractivity contribution in [2.45, 2.75) is 26.4 Å². The van der Waals surface area contributed by atoms with E-state index in [-0.39, 0.29) is 12.6 Å². The second-order valence-electron chi connectivity index (χ2n) is 5.84. The Morgan fingerprint density at radius 2 is 2.04 bits per heavy atom. The van der Waals surface area contributed by atoms with Crippen LogP contribution in [0.2, 0.25) is 10.0 Å². The van der Waals surface area contributed by atoms with Crippen LogP contribution in [0.1, 0.15) is 19.4 Å². The summed E-state index contributed by atoms with van der Waals surface area (Å²) in [5.74, 6) is -0.435. The summed E-state index contributed by atoms with van der Waals surface area (Å²) in [6.07, 6.45) is 0. The van der Waals surface area contributed by atoms with E-state index in [2.05, 4.69) is 10.6 Å². The highest BCUT2D eigenvalue weighted by atomic mass is 35.5. The van der Waals surface area contributed by atoms with Crippen molar-refractivity contribution in [3.8, 4) is 0 Å². The maximum Gasteiger partial charge on any atom is 0.337 e. The molecule has 2 N–H and O–H groups in total. The number of halogens is 2. The molecule has 1 aliphatic rings. The first kappa shape index (κ1) is 19.6. The lowest BCUT2D eigenvalue weighted by Gasteiger charge is -2.29. The molecule has 2 amide bonds. The minimum Gasteiger partial charge on any atom is -0.463 e. The fraction of sp³-hybridized carbons (Fsp3) is 0.412. The third kappa shape index (κ3) is 5.11. The van der Waals surface area contributed by atoms with E-state index in [9.17, 15) is 9.59 Å². The molecule has 1 heterocycles. The lowest BCUT2D eigenvalue weighted by molar-refractivity contribution is -0.139. The summed E-state index contributed by atoms with van der Waals surface area (Å²) in [6, 6.07) is 4.55. The van der Waals surface area contributed by atoms with E-state index < -0.39 is 12.0 Å². The Bertz CT molecular complexity index is 706. The van der Waals surface area contributed by atoms with Crippen molar-refractivity contribution >= 4 is 35.2 Å². The van der Waals surface area contributed by atoms with E-state index >= 15 is 0 Å². The van der Waals surface area contributed by atoms with Gasteiger partial charge in [0.2, 0.25) is 0 Å². The molecule has 1 aromatic rings. The van der Waals surface area contributed by atoms with Crippen LogP contribution in [0.3, 0.4) is 0 Å². The summed E-state index contributed by atoms with van der Waals surface area (Å²) < 4.78 is 5.11. The SMILES string of the molecule is CCOC(=O)C1=C(CN(C)Cc2ccc(Cl)cc2Cl)NC(=O)NC1C. The molecule has 1 unspecified atom stereocenters. The molecule has 0 saturated heterocycles. The Balaban J connectivity index is 2.19. The fourth-order valence-electron chi connectivity index (χ4n) is 2.67. The molecule has 2 rings (SSSR count). The van der Waals surface area contributed by atoms with Gasteiger partial charge in [0.1, 0.15) is 0 Å². The van der Waals surface area contributed by atoms with Crippen molar-refractivity contribution in [3.63, 3.8) is 0 Å². The van der Waals surface area contributed by atoms with Crippen molar-refractivity contribution in [3.05, 3.63) is 45.1 Å². The molecule has 25 heavy (non-hydrogen) atoms. The van der Waals surface area contributed by atoms with Gasteiger partial charge in [0, 0.05) is 28.8 Å². The summed E-state index contributed by atoms with van der Waals surface area (Å²) in [5, 5.41) is 6.53. The monoisotopic (exact) mass is 385 g/mol. The molecule has 0 saturated carbocycles. The van der Waals surface area contributed by atoms with Crippen molar-refractivity contribution in [1.29, 1.82) is 0 Å². The van der Waals surface area contributed by atoms with Crippen LogP contribution >= 0.6 is 23.2 Å². The number of hydrogen-bond donors (Lipinski definition) is 2. The fourth-order valence-corrected chi connectivity index (χ4v) is 3.14. The minimum atomic E-state index is -0.435. The lowest BCUT2D eigenvalue weighted by Crippen LogP contribution is -2.51. The van der Waals surface area contributed by atoms with E-state index in [1.165, 1.54) is 0 Å². The molecule has 1 aliphatic heterocycles. The average molecular weight is 386 g/mol. The van der Waals surface area contributed by atoms with Crippen molar-refractivity contribution in [2.24, 2.45) is 0 Å². The van der Waals surface area contributed by atoms with Gasteiger partial charge in [-0.05, 0) is 38.6 Å². The molecule has 0 aliphatic carbocycles. The summed E-state index contributed by atoms with van der Waals surface area (Å²) in [6.45, 7) is 4.66. The van der Waals surface area contributed by atoms with Gasteiger partial charge in [-0.25, -0.2) is 9.59 Å². The first-order chi connectivity index (χ1) is 11.8. The van der Waals surface area contributed by atoms with E-state index in [1.54, 1.807) is 26.0 Å². The summed E-state index contributed by atoms with van der Waals surface area (Å²) >= 11 is 12.1. The van der Waals surface area contributed by atoms with E-state index in [0.29, 0.717) is 34.4 Å². The van der Waals surface area contributed by atoms with Crippen LogP contribution in [0.25, 0.3) is 0 Å². The number of hydrogen-bond acceptors (Lipinski definition) is 4. The zero-order valence-corrected chi connectivity index (χ0v) is 15.9. The summed E-state index contributed by atoms with van der Waals surface area (Å²) in [7, 11) is 1.87. The number of carbonyl (C=O) groups is 2. The number of carbonyl (C=O) groups excluding carboxylic acids is 2.